The summed E-state index contributed by atoms with van der Waals surface area (Å²) in [6.45, 7) is 2.03. The molecule has 0 aliphatic rings. The van der Waals surface area contributed by atoms with Crippen molar-refractivity contribution in [3.05, 3.63) is 84.9 Å². The fourth-order valence-electron chi connectivity index (χ4n) is 3.63. The van der Waals surface area contributed by atoms with Crippen molar-refractivity contribution in [2.75, 3.05) is 20.1 Å². The summed E-state index contributed by atoms with van der Waals surface area (Å²) < 4.78 is 42.7. The Bertz CT molecular complexity index is 1250. The van der Waals surface area contributed by atoms with Crippen LogP contribution >= 0.6 is 31.9 Å². The highest BCUT2D eigenvalue weighted by molar-refractivity contribution is 9.10. The lowest BCUT2D eigenvalue weighted by Gasteiger charge is -2.32. The van der Waals surface area contributed by atoms with Gasteiger partial charge >= 0.3 is 6.18 Å². The van der Waals surface area contributed by atoms with Crippen LogP contribution in [0, 0.1) is 0 Å². The highest BCUT2D eigenvalue weighted by atomic mass is 79.9. The van der Waals surface area contributed by atoms with E-state index in [0.29, 0.717) is 12.1 Å². The van der Waals surface area contributed by atoms with Gasteiger partial charge < -0.3 is 10.2 Å². The number of amides is 1. The van der Waals surface area contributed by atoms with Gasteiger partial charge in [0, 0.05) is 35.5 Å². The summed E-state index contributed by atoms with van der Waals surface area (Å²) in [6.07, 6.45) is -1.76. The molecule has 13 heteroatoms. The van der Waals surface area contributed by atoms with Crippen LogP contribution in [0.15, 0.2) is 56.5 Å². The molecule has 0 aliphatic carbocycles. The fraction of sp³-hybridized carbons (Fsp3) is 0.348. The summed E-state index contributed by atoms with van der Waals surface area (Å²) in [4.78, 5) is 40.3. The van der Waals surface area contributed by atoms with Crippen LogP contribution in [0.4, 0.5) is 13.2 Å². The number of halogens is 5. The maximum Gasteiger partial charge on any atom is 0.434 e. The lowest BCUT2D eigenvalue weighted by atomic mass is 10.1. The van der Waals surface area contributed by atoms with Gasteiger partial charge in [0.15, 0.2) is 5.69 Å². The number of rotatable bonds is 9. The van der Waals surface area contributed by atoms with Gasteiger partial charge in [0.25, 0.3) is 11.5 Å². The van der Waals surface area contributed by atoms with Crippen LogP contribution in [0.2, 0.25) is 0 Å². The van der Waals surface area contributed by atoms with Crippen LogP contribution in [0.1, 0.15) is 47.1 Å². The van der Waals surface area contributed by atoms with E-state index < -0.39 is 33.9 Å². The third-order valence-corrected chi connectivity index (χ3v) is 6.59. The van der Waals surface area contributed by atoms with E-state index in [9.17, 15) is 22.8 Å². The maximum absolute atomic E-state index is 13.8. The second-order valence-electron chi connectivity index (χ2n) is 7.72. The van der Waals surface area contributed by atoms with Gasteiger partial charge in [-0.15, -0.1) is 0 Å². The molecule has 1 N–H and O–H groups in total. The lowest BCUT2D eigenvalue weighted by Crippen LogP contribution is -2.42. The summed E-state index contributed by atoms with van der Waals surface area (Å²) in [6, 6.07) is 7.28. The maximum atomic E-state index is 13.8. The number of carbonyl (C=O) groups is 1. The van der Waals surface area contributed by atoms with E-state index in [-0.39, 0.29) is 31.2 Å². The molecule has 36 heavy (non-hydrogen) atoms. The molecule has 0 saturated heterocycles. The summed E-state index contributed by atoms with van der Waals surface area (Å²) in [5.41, 5.74) is -1.94. The van der Waals surface area contributed by atoms with Gasteiger partial charge in [-0.1, -0.05) is 22.9 Å². The van der Waals surface area contributed by atoms with Crippen molar-refractivity contribution in [1.29, 1.82) is 0 Å². The molecule has 0 saturated carbocycles. The standard InChI is InChI=1S/C23H23Br2F3N6O2/c1-3-16(33(12-11-29-2)21(35)14-5-7-15(24)8-6-14)20-32-19(23(26,27)28)18(25)22(36)34(20)13-17-30-9-4-10-31-17/h4-10,16,29H,3,11-13H2,1-2H3. The van der Waals surface area contributed by atoms with E-state index in [0.717, 1.165) is 9.04 Å². The van der Waals surface area contributed by atoms with E-state index in [1.807, 2.05) is 0 Å². The predicted octanol–water partition coefficient (Wildman–Crippen LogP) is 4.44. The molecule has 1 aromatic carbocycles. The number of hydrogen-bond acceptors (Lipinski definition) is 6. The summed E-state index contributed by atoms with van der Waals surface area (Å²) >= 11 is 6.11. The zero-order valence-corrected chi connectivity index (χ0v) is 22.6. The minimum absolute atomic E-state index is 0.166. The van der Waals surface area contributed by atoms with E-state index in [2.05, 4.69) is 52.1 Å². The Kier molecular flexibility index (Phi) is 9.36. The number of hydrogen-bond donors (Lipinski definition) is 1. The highest BCUT2D eigenvalue weighted by Gasteiger charge is 2.39. The van der Waals surface area contributed by atoms with E-state index in [1.54, 1.807) is 44.3 Å². The molecule has 192 valence electrons. The predicted molar refractivity (Wildman–Crippen MR) is 134 cm³/mol. The van der Waals surface area contributed by atoms with E-state index >= 15 is 0 Å². The molecule has 0 aliphatic heterocycles. The summed E-state index contributed by atoms with van der Waals surface area (Å²) in [5, 5.41) is 2.96. The molecule has 3 rings (SSSR count). The van der Waals surface area contributed by atoms with Crippen molar-refractivity contribution in [3.63, 3.8) is 0 Å². The van der Waals surface area contributed by atoms with Crippen molar-refractivity contribution in [1.82, 2.24) is 29.7 Å². The summed E-state index contributed by atoms with van der Waals surface area (Å²) in [7, 11) is 1.70. The van der Waals surface area contributed by atoms with Crippen LogP contribution in [0.5, 0.6) is 0 Å². The Labute approximate surface area is 222 Å². The molecule has 0 radical (unpaired) electrons. The molecule has 1 unspecified atom stereocenters. The highest BCUT2D eigenvalue weighted by Crippen LogP contribution is 2.34. The third-order valence-electron chi connectivity index (χ3n) is 5.35. The molecule has 1 amide bonds. The first-order valence-corrected chi connectivity index (χ1v) is 12.5. The SMILES string of the molecule is CCC(c1nc(C(F)(F)F)c(Br)c(=O)n1Cc1ncccn1)N(CCNC)C(=O)c1ccc(Br)cc1. The van der Waals surface area contributed by atoms with Crippen molar-refractivity contribution in [2.45, 2.75) is 32.1 Å². The van der Waals surface area contributed by atoms with Gasteiger partial charge in [-0.05, 0) is 59.7 Å². The smallest absolute Gasteiger partial charge is 0.327 e. The molecule has 2 heterocycles. The minimum atomic E-state index is -4.89. The Morgan fingerprint density at radius 3 is 2.36 bits per heavy atom. The van der Waals surface area contributed by atoms with Crippen LogP contribution in [-0.2, 0) is 12.7 Å². The number of nitrogens with zero attached hydrogens (tertiary/aromatic N) is 5. The van der Waals surface area contributed by atoms with E-state index in [4.69, 9.17) is 0 Å². The number of alkyl halides is 3. The largest absolute Gasteiger partial charge is 0.434 e. The van der Waals surface area contributed by atoms with Crippen molar-refractivity contribution < 1.29 is 18.0 Å². The van der Waals surface area contributed by atoms with E-state index in [1.165, 1.54) is 17.3 Å². The first-order valence-electron chi connectivity index (χ1n) is 10.9. The molecule has 0 fully saturated rings. The van der Waals surface area contributed by atoms with Crippen LogP contribution in [0.25, 0.3) is 0 Å². The Morgan fingerprint density at radius 2 is 1.81 bits per heavy atom. The monoisotopic (exact) mass is 630 g/mol. The third kappa shape index (κ3) is 6.37. The Hall–Kier alpha value is -2.64. The Morgan fingerprint density at radius 1 is 1.17 bits per heavy atom. The molecule has 0 spiro atoms. The molecule has 8 nitrogen and oxygen atoms in total. The molecule has 0 bridgehead atoms. The quantitative estimate of drug-likeness (QED) is 0.376. The fourth-order valence-corrected chi connectivity index (χ4v) is 4.42. The second-order valence-corrected chi connectivity index (χ2v) is 9.43. The first-order chi connectivity index (χ1) is 17.1. The zero-order chi connectivity index (χ0) is 26.5. The minimum Gasteiger partial charge on any atom is -0.327 e. The average molecular weight is 632 g/mol. The van der Waals surface area contributed by atoms with Crippen molar-refractivity contribution in [3.8, 4) is 0 Å². The molecular weight excluding hydrogens is 609 g/mol. The van der Waals surface area contributed by atoms with Gasteiger partial charge in [0.1, 0.15) is 16.1 Å². The molecular formula is C23H23Br2F3N6O2. The van der Waals surface area contributed by atoms with Crippen molar-refractivity contribution in [2.24, 2.45) is 0 Å². The van der Waals surface area contributed by atoms with Crippen molar-refractivity contribution >= 4 is 37.8 Å². The average Bonchev–Trinajstić information content (AvgIpc) is 2.85. The molecule has 2 aromatic heterocycles. The van der Waals surface area contributed by atoms with Crippen LogP contribution < -0.4 is 10.9 Å². The van der Waals surface area contributed by atoms with Gasteiger partial charge in [-0.25, -0.2) is 15.0 Å². The van der Waals surface area contributed by atoms with Gasteiger partial charge in [-0.3, -0.25) is 14.2 Å². The number of likely N-dealkylation sites (N-methyl/N-ethyl adjacent to an activating group) is 1. The lowest BCUT2D eigenvalue weighted by molar-refractivity contribution is -0.142. The number of aromatic nitrogens is 4. The number of carbonyl (C=O) groups excluding carboxylic acids is 1. The molecule has 1 atom stereocenters. The number of nitrogens with one attached hydrogen (secondary N) is 1. The van der Waals surface area contributed by atoms with Gasteiger partial charge in [-0.2, -0.15) is 13.2 Å². The first kappa shape index (κ1) is 27.9. The van der Waals surface area contributed by atoms with Crippen LogP contribution in [0.3, 0.4) is 0 Å². The second kappa shape index (κ2) is 12.1. The molecule has 3 aromatic rings. The zero-order valence-electron chi connectivity index (χ0n) is 19.4. The topological polar surface area (TPSA) is 93.0 Å². The normalized spacial score (nSPS) is 12.4. The van der Waals surface area contributed by atoms with Crippen LogP contribution in [-0.4, -0.2) is 50.5 Å². The van der Waals surface area contributed by atoms with Gasteiger partial charge in [0.05, 0.1) is 12.6 Å². The Balaban J connectivity index is 2.22. The summed E-state index contributed by atoms with van der Waals surface area (Å²) in [5.74, 6) is -0.393. The van der Waals surface area contributed by atoms with Gasteiger partial charge in [0.2, 0.25) is 0 Å². The number of benzene rings is 1.